The third-order valence-electron chi connectivity index (χ3n) is 2.83. The number of aryl methyl sites for hydroxylation is 2. The molecule has 0 fully saturated rings. The van der Waals surface area contributed by atoms with Gasteiger partial charge in [-0.1, -0.05) is 25.1 Å². The monoisotopic (exact) mass is 308 g/mol. The second kappa shape index (κ2) is 6.62. The van der Waals surface area contributed by atoms with Gasteiger partial charge in [-0.3, -0.25) is 4.79 Å². The number of furan rings is 1. The zero-order valence-corrected chi connectivity index (χ0v) is 12.6. The highest BCUT2D eigenvalue weighted by Gasteiger charge is 2.14. The lowest BCUT2D eigenvalue weighted by atomic mass is 10.2. The SMILES string of the molecule is CCCc1cc(=O)[nH]c(SCc2cc(C(=O)O)c(C)o2)n1. The molecule has 7 heteroatoms. The van der Waals surface area contributed by atoms with E-state index in [1.807, 2.05) is 6.92 Å². The first-order valence-electron chi connectivity index (χ1n) is 6.55. The van der Waals surface area contributed by atoms with Crippen LogP contribution in [0.5, 0.6) is 0 Å². The van der Waals surface area contributed by atoms with Crippen LogP contribution in [-0.2, 0) is 12.2 Å². The Morgan fingerprint density at radius 3 is 2.86 bits per heavy atom. The average molecular weight is 308 g/mol. The van der Waals surface area contributed by atoms with Gasteiger partial charge in [-0.05, 0) is 19.4 Å². The van der Waals surface area contributed by atoms with Gasteiger partial charge < -0.3 is 14.5 Å². The van der Waals surface area contributed by atoms with Crippen molar-refractivity contribution in [2.75, 3.05) is 0 Å². The number of carboxylic acid groups (broad SMARTS) is 1. The minimum atomic E-state index is -1.01. The summed E-state index contributed by atoms with van der Waals surface area (Å²) in [6, 6.07) is 2.99. The molecule has 6 nitrogen and oxygen atoms in total. The van der Waals surface area contributed by atoms with Gasteiger partial charge in [-0.15, -0.1) is 0 Å². The van der Waals surface area contributed by atoms with Crippen LogP contribution in [0.25, 0.3) is 0 Å². The highest BCUT2D eigenvalue weighted by Crippen LogP contribution is 2.22. The Hall–Kier alpha value is -2.02. The quantitative estimate of drug-likeness (QED) is 0.629. The summed E-state index contributed by atoms with van der Waals surface area (Å²) in [5, 5.41) is 9.48. The second-order valence-corrected chi connectivity index (χ2v) is 5.53. The summed E-state index contributed by atoms with van der Waals surface area (Å²) in [5.41, 5.74) is 0.732. The molecule has 0 amide bonds. The zero-order chi connectivity index (χ0) is 15.4. The van der Waals surface area contributed by atoms with Gasteiger partial charge in [0.1, 0.15) is 17.1 Å². The lowest BCUT2D eigenvalue weighted by Gasteiger charge is -2.02. The van der Waals surface area contributed by atoms with Crippen LogP contribution in [0.15, 0.2) is 26.5 Å². The van der Waals surface area contributed by atoms with Crippen LogP contribution in [0.3, 0.4) is 0 Å². The molecule has 2 aromatic heterocycles. The van der Waals surface area contributed by atoms with Crippen LogP contribution >= 0.6 is 11.8 Å². The van der Waals surface area contributed by atoms with Crippen molar-refractivity contribution in [3.8, 4) is 0 Å². The highest BCUT2D eigenvalue weighted by molar-refractivity contribution is 7.98. The number of hydrogen-bond acceptors (Lipinski definition) is 5. The first-order valence-corrected chi connectivity index (χ1v) is 7.53. The molecule has 0 aliphatic heterocycles. The number of nitrogens with zero attached hydrogens (tertiary/aromatic N) is 1. The first-order chi connectivity index (χ1) is 9.99. The third-order valence-corrected chi connectivity index (χ3v) is 3.73. The highest BCUT2D eigenvalue weighted by atomic mass is 32.2. The average Bonchev–Trinajstić information content (AvgIpc) is 2.78. The number of carboxylic acids is 1. The number of aromatic nitrogens is 2. The number of rotatable bonds is 6. The minimum Gasteiger partial charge on any atom is -0.478 e. The number of thioether (sulfide) groups is 1. The molecule has 0 saturated carbocycles. The molecule has 0 spiro atoms. The third kappa shape index (κ3) is 3.98. The standard InChI is InChI=1S/C14H16N2O4S/c1-3-4-9-5-12(17)16-14(15-9)21-7-10-6-11(13(18)19)8(2)20-10/h5-6H,3-4,7H2,1-2H3,(H,18,19)(H,15,16,17). The molecule has 0 unspecified atom stereocenters. The van der Waals surface area contributed by atoms with Crippen molar-refractivity contribution in [1.82, 2.24) is 9.97 Å². The molecule has 0 radical (unpaired) electrons. The van der Waals surface area contributed by atoms with Crippen LogP contribution < -0.4 is 5.56 Å². The predicted molar refractivity (Wildman–Crippen MR) is 78.8 cm³/mol. The Labute approximate surface area is 125 Å². The number of H-pyrrole nitrogens is 1. The minimum absolute atomic E-state index is 0.159. The fraction of sp³-hybridized carbons (Fsp3) is 0.357. The fourth-order valence-electron chi connectivity index (χ4n) is 1.90. The Balaban J connectivity index is 2.11. The van der Waals surface area contributed by atoms with Crippen LogP contribution in [0.2, 0.25) is 0 Å². The summed E-state index contributed by atoms with van der Waals surface area (Å²) >= 11 is 1.31. The predicted octanol–water partition coefficient (Wildman–Crippen LogP) is 2.61. The van der Waals surface area contributed by atoms with Crippen molar-refractivity contribution in [3.63, 3.8) is 0 Å². The molecule has 112 valence electrons. The van der Waals surface area contributed by atoms with Gasteiger partial charge in [-0.2, -0.15) is 0 Å². The maximum absolute atomic E-state index is 11.5. The lowest BCUT2D eigenvalue weighted by molar-refractivity contribution is 0.0695. The van der Waals surface area contributed by atoms with Crippen LogP contribution in [0, 0.1) is 6.92 Å². The maximum Gasteiger partial charge on any atom is 0.339 e. The second-order valence-electron chi connectivity index (χ2n) is 4.57. The van der Waals surface area contributed by atoms with Gasteiger partial charge in [0, 0.05) is 11.8 Å². The molecule has 0 atom stereocenters. The van der Waals surface area contributed by atoms with Crippen LogP contribution in [-0.4, -0.2) is 21.0 Å². The van der Waals surface area contributed by atoms with Gasteiger partial charge in [0.15, 0.2) is 5.16 Å². The Kier molecular flexibility index (Phi) is 4.85. The summed E-state index contributed by atoms with van der Waals surface area (Å²) in [6.45, 7) is 3.63. The lowest BCUT2D eigenvalue weighted by Crippen LogP contribution is -2.09. The van der Waals surface area contributed by atoms with Gasteiger partial charge in [0.25, 0.3) is 5.56 Å². The van der Waals surface area contributed by atoms with E-state index in [4.69, 9.17) is 9.52 Å². The van der Waals surface area contributed by atoms with Crippen molar-refractivity contribution in [1.29, 1.82) is 0 Å². The van der Waals surface area contributed by atoms with Crippen molar-refractivity contribution < 1.29 is 14.3 Å². The van der Waals surface area contributed by atoms with E-state index >= 15 is 0 Å². The van der Waals surface area contributed by atoms with Gasteiger partial charge >= 0.3 is 5.97 Å². The fourth-order valence-corrected chi connectivity index (χ4v) is 2.68. The van der Waals surface area contributed by atoms with E-state index in [9.17, 15) is 9.59 Å². The van der Waals surface area contributed by atoms with Gasteiger partial charge in [0.2, 0.25) is 0 Å². The van der Waals surface area contributed by atoms with Crippen molar-refractivity contribution in [3.05, 3.63) is 45.3 Å². The molecule has 0 aliphatic carbocycles. The smallest absolute Gasteiger partial charge is 0.339 e. The van der Waals surface area contributed by atoms with E-state index in [0.29, 0.717) is 22.4 Å². The van der Waals surface area contributed by atoms with E-state index in [2.05, 4.69) is 9.97 Å². The summed E-state index contributed by atoms with van der Waals surface area (Å²) in [4.78, 5) is 29.5. The molecular weight excluding hydrogens is 292 g/mol. The largest absolute Gasteiger partial charge is 0.478 e. The molecule has 2 heterocycles. The summed E-state index contributed by atoms with van der Waals surface area (Å²) in [6.07, 6.45) is 1.67. The number of aromatic amines is 1. The molecule has 2 aromatic rings. The van der Waals surface area contributed by atoms with Gasteiger partial charge in [0.05, 0.1) is 5.75 Å². The molecule has 0 aliphatic rings. The summed E-state index contributed by atoms with van der Waals surface area (Å²) in [7, 11) is 0. The summed E-state index contributed by atoms with van der Waals surface area (Å²) in [5.74, 6) is 0.314. The normalized spacial score (nSPS) is 10.8. The maximum atomic E-state index is 11.5. The van der Waals surface area contributed by atoms with Crippen LogP contribution in [0.1, 0.15) is 40.9 Å². The molecule has 21 heavy (non-hydrogen) atoms. The zero-order valence-electron chi connectivity index (χ0n) is 11.8. The van der Waals surface area contributed by atoms with Gasteiger partial charge in [-0.25, -0.2) is 9.78 Å². The van der Waals surface area contributed by atoms with Crippen LogP contribution in [0.4, 0.5) is 0 Å². The molecule has 0 bridgehead atoms. The number of hydrogen-bond donors (Lipinski definition) is 2. The topological polar surface area (TPSA) is 96.2 Å². The van der Waals surface area contributed by atoms with Crippen molar-refractivity contribution in [2.45, 2.75) is 37.6 Å². The number of carbonyl (C=O) groups is 1. The number of aromatic carboxylic acids is 1. The molecule has 0 saturated heterocycles. The Morgan fingerprint density at radius 2 is 2.24 bits per heavy atom. The van der Waals surface area contributed by atoms with Crippen molar-refractivity contribution in [2.24, 2.45) is 0 Å². The van der Waals surface area contributed by atoms with E-state index < -0.39 is 5.97 Å². The Morgan fingerprint density at radius 1 is 1.48 bits per heavy atom. The molecule has 2 rings (SSSR count). The number of nitrogens with one attached hydrogen (secondary N) is 1. The Bertz CT molecular complexity index is 705. The van der Waals surface area contributed by atoms with E-state index in [-0.39, 0.29) is 11.1 Å². The molecular formula is C14H16N2O4S. The van der Waals surface area contributed by atoms with E-state index in [0.717, 1.165) is 18.5 Å². The molecule has 2 N–H and O–H groups in total. The summed E-state index contributed by atoms with van der Waals surface area (Å²) < 4.78 is 5.38. The molecule has 0 aromatic carbocycles. The van der Waals surface area contributed by atoms with Crippen molar-refractivity contribution >= 4 is 17.7 Å². The van der Waals surface area contributed by atoms with E-state index in [1.165, 1.54) is 23.9 Å². The first kappa shape index (κ1) is 15.4. The van der Waals surface area contributed by atoms with E-state index in [1.54, 1.807) is 6.92 Å².